The van der Waals surface area contributed by atoms with Crippen molar-refractivity contribution in [2.24, 2.45) is 4.99 Å². The van der Waals surface area contributed by atoms with E-state index in [1.165, 1.54) is 10.6 Å². The van der Waals surface area contributed by atoms with Crippen molar-refractivity contribution >= 4 is 47.2 Å². The van der Waals surface area contributed by atoms with Crippen LogP contribution in [0.5, 0.6) is 5.75 Å². The Morgan fingerprint density at radius 2 is 2.00 bits per heavy atom. The van der Waals surface area contributed by atoms with Crippen molar-refractivity contribution in [2.45, 2.75) is 45.8 Å². The van der Waals surface area contributed by atoms with Crippen molar-refractivity contribution in [1.82, 2.24) is 9.80 Å². The van der Waals surface area contributed by atoms with Crippen molar-refractivity contribution < 1.29 is 37.2 Å². The number of amidine groups is 1. The summed E-state index contributed by atoms with van der Waals surface area (Å²) >= 11 is 6.74. The second-order valence-electron chi connectivity index (χ2n) is 11.0. The zero-order valence-electron chi connectivity index (χ0n) is 23.3. The van der Waals surface area contributed by atoms with Gasteiger partial charge in [-0.3, -0.25) is 0 Å². The fourth-order valence-electron chi connectivity index (χ4n) is 5.18. The average molecular weight is 849 g/mol. The largest absolute Gasteiger partial charge is 0.544 e. The van der Waals surface area contributed by atoms with Gasteiger partial charge < -0.3 is 30.5 Å². The summed E-state index contributed by atoms with van der Waals surface area (Å²) in [5.41, 5.74) is 0.689. The molecular weight excluding hydrogens is 820 g/mol. The molecular formula is C29H29ClF2LrN4O5. The first kappa shape index (κ1) is 30.0. The monoisotopic (exact) mass is 848 g/mol. The van der Waals surface area contributed by atoms with E-state index >= 15 is 0 Å². The van der Waals surface area contributed by atoms with Crippen LogP contribution in [0, 0.1) is 18.1 Å². The third-order valence-corrected chi connectivity index (χ3v) is 7.22. The van der Waals surface area contributed by atoms with Gasteiger partial charge in [-0.25, -0.2) is 13.6 Å². The Hall–Kier alpha value is -4.99. The molecule has 3 heterocycles. The van der Waals surface area contributed by atoms with Crippen LogP contribution in [0.4, 0.5) is 24.1 Å². The maximum atomic E-state index is 15.0. The Morgan fingerprint density at radius 3 is 2.64 bits per heavy atom. The summed E-state index contributed by atoms with van der Waals surface area (Å²) in [6, 6.07) is 3.82. The SMILES string of the molecule is C[C@H]1CN(C(=O)OC(C)(C)C)CCN1C1=NC(=O)[N+]2=C([CH-]CC=O)COc3c(-c4ccc(F)cc4F)c(Cl)cc1c32.[Lr]. The number of aliphatic imine (C=N–C) groups is 1. The second-order valence-corrected chi connectivity index (χ2v) is 11.4. The van der Waals surface area contributed by atoms with Gasteiger partial charge in [0.05, 0.1) is 16.9 Å². The van der Waals surface area contributed by atoms with Crippen molar-refractivity contribution in [3.63, 3.8) is 0 Å². The van der Waals surface area contributed by atoms with Crippen LogP contribution in [0.25, 0.3) is 11.1 Å². The van der Waals surface area contributed by atoms with Gasteiger partial charge in [-0.1, -0.05) is 11.6 Å². The predicted molar refractivity (Wildman–Crippen MR) is 148 cm³/mol. The van der Waals surface area contributed by atoms with Crippen LogP contribution in [-0.4, -0.2) is 82.2 Å². The molecule has 9 nitrogen and oxygen atoms in total. The summed E-state index contributed by atoms with van der Waals surface area (Å²) < 4.78 is 41.6. The van der Waals surface area contributed by atoms with Crippen LogP contribution in [0.1, 0.15) is 39.7 Å². The molecule has 3 amide bonds. The quantitative estimate of drug-likeness (QED) is 0.234. The van der Waals surface area contributed by atoms with Gasteiger partial charge >= 0.3 is 12.1 Å². The Labute approximate surface area is 241 Å². The molecule has 5 rings (SSSR count). The van der Waals surface area contributed by atoms with Gasteiger partial charge in [-0.2, -0.15) is 9.37 Å². The van der Waals surface area contributed by atoms with E-state index in [2.05, 4.69) is 4.99 Å². The van der Waals surface area contributed by atoms with Crippen molar-refractivity contribution in [1.29, 1.82) is 0 Å². The van der Waals surface area contributed by atoms with E-state index in [0.29, 0.717) is 48.7 Å². The number of hydrogen-bond donors (Lipinski definition) is 0. The number of nitrogens with zero attached hydrogens (tertiary/aromatic N) is 4. The summed E-state index contributed by atoms with van der Waals surface area (Å²) in [5, 5.41) is 0.117. The zero-order valence-corrected chi connectivity index (χ0v) is 26.2. The van der Waals surface area contributed by atoms with Gasteiger partial charge in [0.25, 0.3) is 5.84 Å². The van der Waals surface area contributed by atoms with Crippen LogP contribution < -0.4 is 4.74 Å². The molecule has 1 fully saturated rings. The molecule has 2 aromatic rings. The molecule has 0 saturated carbocycles. The van der Waals surface area contributed by atoms with Crippen LogP contribution >= 0.6 is 11.6 Å². The Bertz CT molecular complexity index is 1520. The number of piperazine rings is 1. The molecule has 0 aromatic heterocycles. The Kier molecular flexibility index (Phi) is 7.94. The molecule has 1 radical (unpaired) electrons. The van der Waals surface area contributed by atoms with Gasteiger partial charge in [0, 0.05) is 47.9 Å². The van der Waals surface area contributed by atoms with Crippen LogP contribution in [-0.2, 0) is 9.53 Å². The van der Waals surface area contributed by atoms with Crippen molar-refractivity contribution in [3.8, 4) is 16.9 Å². The number of carbonyl (C=O) groups excluding carboxylic acids is 3. The maximum absolute atomic E-state index is 15.0. The molecule has 13 heteroatoms. The topological polar surface area (TPSA) is 91.5 Å². The van der Waals surface area contributed by atoms with Gasteiger partial charge in [-0.15, -0.1) is 6.42 Å². The van der Waals surface area contributed by atoms with Crippen molar-refractivity contribution in [3.05, 3.63) is 52.9 Å². The summed E-state index contributed by atoms with van der Waals surface area (Å²) in [5.74, 6) is -1.13. The predicted octanol–water partition coefficient (Wildman–Crippen LogP) is 5.38. The van der Waals surface area contributed by atoms with Gasteiger partial charge in [0.2, 0.25) is 0 Å². The van der Waals surface area contributed by atoms with Gasteiger partial charge in [0.15, 0.2) is 11.4 Å². The number of hydrogen-bond acceptors (Lipinski definition) is 6. The molecule has 3 aliphatic rings. The van der Waals surface area contributed by atoms with E-state index in [9.17, 15) is 23.2 Å². The number of aldehydes is 1. The first-order valence-electron chi connectivity index (χ1n) is 13.1. The standard InChI is InChI=1S/C29H29ClF2N4O5.Lr/c1-16-14-34(28(39)41-29(2,3)4)9-10-35(16)26-20-13-21(30)23(19-8-7-17(31)12-22(19)32)25-24(20)36(27(38)33-26)18(15-40-25)6-5-11-37;/h6-8,11-13,16H,5,9-10,14-15H2,1-4H3;/t16-;/m0./s1. The molecule has 42 heavy (non-hydrogen) atoms. The normalized spacial score (nSPS) is 18.0. The summed E-state index contributed by atoms with van der Waals surface area (Å²) in [6.45, 7) is 8.19. The van der Waals surface area contributed by atoms with Crippen LogP contribution in [0.3, 0.4) is 0 Å². The number of halogens is 3. The molecule has 0 aliphatic carbocycles. The molecule has 1 atom stereocenters. The molecule has 0 unspecified atom stereocenters. The fourth-order valence-corrected chi connectivity index (χ4v) is 5.48. The zero-order chi connectivity index (χ0) is 29.6. The number of urea groups is 1. The van der Waals surface area contributed by atoms with Gasteiger partial charge in [-0.05, 0) is 51.6 Å². The molecule has 0 bridgehead atoms. The number of benzene rings is 2. The molecule has 0 N–H and O–H groups in total. The fraction of sp³-hybridized carbons (Fsp3) is 0.379. The maximum Gasteiger partial charge on any atom is 0.544 e. The van der Waals surface area contributed by atoms with E-state index in [1.807, 2.05) is 11.8 Å². The number of rotatable bonds is 4. The molecule has 1 saturated heterocycles. The number of amides is 3. The molecule has 3 aliphatic heterocycles. The molecule has 2 aromatic carbocycles. The van der Waals surface area contributed by atoms with Gasteiger partial charge in [0.1, 0.15) is 23.8 Å². The minimum absolute atomic E-state index is 0. The number of carbonyl (C=O) groups is 3. The first-order chi connectivity index (χ1) is 19.4. The van der Waals surface area contributed by atoms with Crippen molar-refractivity contribution in [2.75, 3.05) is 26.2 Å². The third kappa shape index (κ3) is 5.35. The van der Waals surface area contributed by atoms with E-state index < -0.39 is 29.4 Å². The molecule has 231 valence electrons. The average Bonchev–Trinajstić information content (AvgIpc) is 2.89. The smallest absolute Gasteiger partial charge is 0.483 e. The van der Waals surface area contributed by atoms with Crippen LogP contribution in [0.15, 0.2) is 29.3 Å². The first-order valence-corrected chi connectivity index (χ1v) is 13.5. The van der Waals surface area contributed by atoms with E-state index in [1.54, 1.807) is 38.2 Å². The third-order valence-electron chi connectivity index (χ3n) is 6.92. The second kappa shape index (κ2) is 11.1. The Balaban J connectivity index is 0.00000405. The van der Waals surface area contributed by atoms with E-state index in [0.717, 1.165) is 12.1 Å². The van der Waals surface area contributed by atoms with E-state index in [4.69, 9.17) is 21.1 Å². The minimum atomic E-state index is -0.844. The minimum Gasteiger partial charge on any atom is -0.483 e. The number of ether oxygens (including phenoxy) is 2. The Morgan fingerprint density at radius 1 is 1.26 bits per heavy atom. The molecule has 0 spiro atoms. The summed E-state index contributed by atoms with van der Waals surface area (Å²) in [7, 11) is 0. The van der Waals surface area contributed by atoms with Crippen LogP contribution in [0.2, 0.25) is 5.02 Å². The van der Waals surface area contributed by atoms with E-state index in [-0.39, 0.29) is 41.0 Å². The summed E-state index contributed by atoms with van der Waals surface area (Å²) in [4.78, 5) is 45.3. The summed E-state index contributed by atoms with van der Waals surface area (Å²) in [6.07, 6.45) is 1.87.